The Bertz CT molecular complexity index is 1260. The number of nitrogens with one attached hydrogen (secondary N) is 1. The van der Waals surface area contributed by atoms with Gasteiger partial charge in [-0.05, 0) is 43.0 Å². The van der Waals surface area contributed by atoms with Crippen LogP contribution >= 0.6 is 22.9 Å². The van der Waals surface area contributed by atoms with Crippen molar-refractivity contribution in [2.24, 2.45) is 0 Å². The zero-order chi connectivity index (χ0) is 26.9. The topological polar surface area (TPSA) is 79.8 Å². The van der Waals surface area contributed by atoms with Crippen LogP contribution in [0.15, 0.2) is 36.7 Å². The molecule has 1 N–H and O–H groups in total. The number of aromatic nitrogens is 2. The minimum atomic E-state index is -0.471. The zero-order valence-electron chi connectivity index (χ0n) is 21.7. The molecule has 11 heteroatoms. The Morgan fingerprint density at radius 1 is 1.24 bits per heavy atom. The predicted molar refractivity (Wildman–Crippen MR) is 150 cm³/mol. The summed E-state index contributed by atoms with van der Waals surface area (Å²) in [4.78, 5) is 28.0. The summed E-state index contributed by atoms with van der Waals surface area (Å²) in [6.45, 7) is 5.11. The van der Waals surface area contributed by atoms with E-state index in [4.69, 9.17) is 21.1 Å². The van der Waals surface area contributed by atoms with E-state index in [9.17, 15) is 9.18 Å². The van der Waals surface area contributed by atoms with Crippen molar-refractivity contribution in [2.75, 3.05) is 58.9 Å². The molecule has 0 bridgehead atoms. The van der Waals surface area contributed by atoms with Crippen LogP contribution in [-0.4, -0.2) is 79.3 Å². The van der Waals surface area contributed by atoms with Crippen LogP contribution < -0.4 is 5.32 Å². The van der Waals surface area contributed by atoms with Gasteiger partial charge in [-0.25, -0.2) is 14.4 Å². The Hall–Kier alpha value is -2.63. The normalized spacial score (nSPS) is 13.6. The van der Waals surface area contributed by atoms with Crippen molar-refractivity contribution >= 4 is 50.6 Å². The molecule has 4 rings (SSSR count). The van der Waals surface area contributed by atoms with E-state index in [1.54, 1.807) is 37.7 Å². The number of carbonyl (C=O) groups excluding carboxylic acids is 1. The molecule has 38 heavy (non-hydrogen) atoms. The van der Waals surface area contributed by atoms with Crippen molar-refractivity contribution < 1.29 is 18.7 Å². The molecule has 204 valence electrons. The fourth-order valence-electron chi connectivity index (χ4n) is 4.49. The van der Waals surface area contributed by atoms with Crippen molar-refractivity contribution in [2.45, 2.75) is 25.8 Å². The summed E-state index contributed by atoms with van der Waals surface area (Å²) in [5.41, 5.74) is 1.80. The van der Waals surface area contributed by atoms with E-state index in [0.717, 1.165) is 46.6 Å². The number of thiophene rings is 1. The number of halogens is 2. The monoisotopic (exact) mass is 561 g/mol. The van der Waals surface area contributed by atoms with Gasteiger partial charge in [0.05, 0.1) is 17.0 Å². The standard InChI is InChI=1S/C27H33ClFN5O3S/c1-36-14-4-11-33(12-5-15-37-2)10-3-6-24(35)34-13-9-20-23(17-34)38-27-25(20)26(30-18-31-27)32-19-7-8-22(29)21(28)16-19/h3,6-8,16,18H,4-5,9-15,17H2,1-2H3,(H,30,31,32). The van der Waals surface area contributed by atoms with E-state index in [0.29, 0.717) is 50.8 Å². The van der Waals surface area contributed by atoms with Crippen molar-refractivity contribution in [1.82, 2.24) is 19.8 Å². The molecule has 2 aromatic heterocycles. The molecule has 0 spiro atoms. The van der Waals surface area contributed by atoms with Gasteiger partial charge in [-0.3, -0.25) is 9.69 Å². The number of hydrogen-bond donors (Lipinski definition) is 1. The zero-order valence-corrected chi connectivity index (χ0v) is 23.3. The molecule has 8 nitrogen and oxygen atoms in total. The summed E-state index contributed by atoms with van der Waals surface area (Å²) >= 11 is 7.52. The number of hydrogen-bond acceptors (Lipinski definition) is 8. The van der Waals surface area contributed by atoms with Crippen LogP contribution in [0.1, 0.15) is 23.3 Å². The van der Waals surface area contributed by atoms with Crippen LogP contribution in [0.5, 0.6) is 0 Å². The third-order valence-electron chi connectivity index (χ3n) is 6.40. The number of fused-ring (bicyclic) bond motifs is 3. The Morgan fingerprint density at radius 2 is 2.00 bits per heavy atom. The molecule has 0 unspecified atom stereocenters. The SMILES string of the molecule is COCCCN(CC=CC(=O)N1CCc2c(sc3ncnc(Nc4ccc(F)c(Cl)c4)c23)C1)CCCOC. The molecule has 0 saturated carbocycles. The summed E-state index contributed by atoms with van der Waals surface area (Å²) in [6, 6.07) is 4.48. The van der Waals surface area contributed by atoms with Crippen LogP contribution in [0.2, 0.25) is 5.02 Å². The van der Waals surface area contributed by atoms with Gasteiger partial charge in [0.1, 0.15) is 22.8 Å². The maximum atomic E-state index is 13.6. The van der Waals surface area contributed by atoms with Gasteiger partial charge >= 0.3 is 0 Å². The van der Waals surface area contributed by atoms with E-state index >= 15 is 0 Å². The molecule has 1 aliphatic heterocycles. The van der Waals surface area contributed by atoms with Gasteiger partial charge in [0.25, 0.3) is 0 Å². The van der Waals surface area contributed by atoms with E-state index in [-0.39, 0.29) is 10.9 Å². The summed E-state index contributed by atoms with van der Waals surface area (Å²) in [5.74, 6) is 0.186. The second-order valence-corrected chi connectivity index (χ2v) is 10.6. The van der Waals surface area contributed by atoms with Crippen molar-refractivity contribution in [1.29, 1.82) is 0 Å². The number of benzene rings is 1. The maximum absolute atomic E-state index is 13.6. The Labute approximate surface area is 231 Å². The lowest BCUT2D eigenvalue weighted by molar-refractivity contribution is -0.126. The second-order valence-electron chi connectivity index (χ2n) is 9.07. The first-order valence-corrected chi connectivity index (χ1v) is 13.8. The minimum Gasteiger partial charge on any atom is -0.385 e. The van der Waals surface area contributed by atoms with Gasteiger partial charge in [-0.2, -0.15) is 0 Å². The average molecular weight is 562 g/mol. The highest BCUT2D eigenvalue weighted by Gasteiger charge is 2.25. The molecule has 3 heterocycles. The lowest BCUT2D eigenvalue weighted by Gasteiger charge is -2.26. The fraction of sp³-hybridized carbons (Fsp3) is 0.444. The van der Waals surface area contributed by atoms with Crippen molar-refractivity contribution in [3.63, 3.8) is 0 Å². The number of carbonyl (C=O) groups is 1. The van der Waals surface area contributed by atoms with Crippen LogP contribution in [0, 0.1) is 5.82 Å². The summed E-state index contributed by atoms with van der Waals surface area (Å²) in [6.07, 6.45) is 7.74. The highest BCUT2D eigenvalue weighted by molar-refractivity contribution is 7.19. The first-order chi connectivity index (χ1) is 18.5. The van der Waals surface area contributed by atoms with Gasteiger partial charge in [-0.1, -0.05) is 17.7 Å². The Morgan fingerprint density at radius 3 is 2.71 bits per heavy atom. The molecule has 0 atom stereocenters. The van der Waals surface area contributed by atoms with Gasteiger partial charge < -0.3 is 19.7 Å². The van der Waals surface area contributed by atoms with Crippen molar-refractivity contribution in [3.05, 3.63) is 58.0 Å². The van der Waals surface area contributed by atoms with Gasteiger partial charge in [-0.15, -0.1) is 11.3 Å². The van der Waals surface area contributed by atoms with E-state index in [2.05, 4.69) is 20.2 Å². The molecule has 0 fully saturated rings. The Balaban J connectivity index is 1.41. The summed E-state index contributed by atoms with van der Waals surface area (Å²) < 4.78 is 23.9. The van der Waals surface area contributed by atoms with E-state index < -0.39 is 5.82 Å². The summed E-state index contributed by atoms with van der Waals surface area (Å²) in [5, 5.41) is 4.24. The minimum absolute atomic E-state index is 0.00669. The third kappa shape index (κ3) is 7.27. The molecule has 0 aliphatic carbocycles. The third-order valence-corrected chi connectivity index (χ3v) is 7.82. The lowest BCUT2D eigenvalue weighted by Crippen LogP contribution is -2.34. The number of anilines is 2. The molecule has 0 radical (unpaired) electrons. The molecule has 1 amide bonds. The Kier molecular flexibility index (Phi) is 10.4. The predicted octanol–water partition coefficient (Wildman–Crippen LogP) is 5.04. The summed E-state index contributed by atoms with van der Waals surface area (Å²) in [7, 11) is 3.42. The second kappa shape index (κ2) is 14.0. The number of methoxy groups -OCH3 is 2. The maximum Gasteiger partial charge on any atom is 0.246 e. The largest absolute Gasteiger partial charge is 0.385 e. The number of nitrogens with zero attached hydrogens (tertiary/aromatic N) is 4. The first kappa shape index (κ1) is 28.4. The molecular weight excluding hydrogens is 529 g/mol. The van der Waals surface area contributed by atoms with Crippen LogP contribution in [0.4, 0.5) is 15.9 Å². The van der Waals surface area contributed by atoms with Gasteiger partial charge in [0, 0.05) is 70.3 Å². The fourth-order valence-corrected chi connectivity index (χ4v) is 5.87. The first-order valence-electron chi connectivity index (χ1n) is 12.6. The quantitative estimate of drug-likeness (QED) is 0.231. The van der Waals surface area contributed by atoms with Crippen molar-refractivity contribution in [3.8, 4) is 0 Å². The number of amides is 1. The van der Waals surface area contributed by atoms with Gasteiger partial charge in [0.15, 0.2) is 0 Å². The number of ether oxygens (including phenoxy) is 2. The molecular formula is C27H33ClFN5O3S. The van der Waals surface area contributed by atoms with Gasteiger partial charge in [0.2, 0.25) is 5.91 Å². The lowest BCUT2D eigenvalue weighted by atomic mass is 10.0. The smallest absolute Gasteiger partial charge is 0.246 e. The number of rotatable bonds is 13. The molecule has 0 saturated heterocycles. The van der Waals surface area contributed by atoms with Crippen LogP contribution in [-0.2, 0) is 27.2 Å². The van der Waals surface area contributed by atoms with E-state index in [1.807, 2.05) is 11.0 Å². The van der Waals surface area contributed by atoms with Crippen LogP contribution in [0.3, 0.4) is 0 Å². The van der Waals surface area contributed by atoms with E-state index in [1.165, 1.54) is 18.5 Å². The highest BCUT2D eigenvalue weighted by Crippen LogP contribution is 2.38. The molecule has 3 aromatic rings. The van der Waals surface area contributed by atoms with Crippen LogP contribution in [0.25, 0.3) is 10.2 Å². The molecule has 1 aromatic carbocycles. The average Bonchev–Trinajstić information content (AvgIpc) is 3.29. The highest BCUT2D eigenvalue weighted by atomic mass is 35.5. The molecule has 1 aliphatic rings.